The summed E-state index contributed by atoms with van der Waals surface area (Å²) in [4.78, 5) is 41.3. The van der Waals surface area contributed by atoms with Crippen LogP contribution in [0.25, 0.3) is 0 Å². The number of hydrogen-bond donors (Lipinski definition) is 3. The number of rotatable bonds is 5. The summed E-state index contributed by atoms with van der Waals surface area (Å²) in [7, 11) is 0. The summed E-state index contributed by atoms with van der Waals surface area (Å²) in [6.45, 7) is 9.09. The molecule has 3 aromatic carbocycles. The quantitative estimate of drug-likeness (QED) is 0.305. The van der Waals surface area contributed by atoms with Crippen molar-refractivity contribution in [2.24, 2.45) is 11.8 Å². The number of nitrogens with one attached hydrogen (secondary N) is 2. The molecule has 4 unspecified atom stereocenters. The van der Waals surface area contributed by atoms with Gasteiger partial charge in [-0.3, -0.25) is 14.4 Å². The van der Waals surface area contributed by atoms with Gasteiger partial charge in [-0.1, -0.05) is 64.7 Å². The molecule has 1 aliphatic carbocycles. The first kappa shape index (κ1) is 28.8. The molecule has 0 aromatic heterocycles. The zero-order valence-corrected chi connectivity index (χ0v) is 24.1. The van der Waals surface area contributed by atoms with Crippen molar-refractivity contribution in [3.8, 4) is 0 Å². The summed E-state index contributed by atoms with van der Waals surface area (Å²) < 4.78 is 0. The molecule has 1 fully saturated rings. The van der Waals surface area contributed by atoms with E-state index >= 15 is 0 Å². The average molecular weight is 568 g/mol. The highest BCUT2D eigenvalue weighted by molar-refractivity contribution is 6.35. The molecule has 0 spiro atoms. The summed E-state index contributed by atoms with van der Waals surface area (Å²) in [6.07, 6.45) is -0.370. The zero-order valence-electron chi connectivity index (χ0n) is 22.6. The van der Waals surface area contributed by atoms with Gasteiger partial charge in [0.15, 0.2) is 0 Å². The molecule has 0 radical (unpaired) electrons. The fourth-order valence-corrected chi connectivity index (χ4v) is 6.10. The van der Waals surface area contributed by atoms with E-state index in [1.54, 1.807) is 24.3 Å². The van der Waals surface area contributed by atoms with Gasteiger partial charge in [-0.15, -0.1) is 0 Å². The molecule has 6 nitrogen and oxygen atoms in total. The topological polar surface area (TPSA) is 95.5 Å². The molecule has 204 valence electrons. The van der Waals surface area contributed by atoms with Crippen LogP contribution < -0.4 is 10.6 Å². The van der Waals surface area contributed by atoms with E-state index < -0.39 is 41.0 Å². The van der Waals surface area contributed by atoms with Gasteiger partial charge in [-0.25, -0.2) is 0 Å². The number of hydrogen-bond acceptors (Lipinski definition) is 4. The summed E-state index contributed by atoms with van der Waals surface area (Å²) >= 11 is 12.8. The number of aryl methyl sites for hydroxylation is 4. The number of aliphatic hydroxyl groups is 1. The highest BCUT2D eigenvalue weighted by atomic mass is 35.5. The van der Waals surface area contributed by atoms with Gasteiger partial charge in [0.25, 0.3) is 0 Å². The molecule has 2 amide bonds. The van der Waals surface area contributed by atoms with E-state index in [0.717, 1.165) is 22.3 Å². The summed E-state index contributed by atoms with van der Waals surface area (Å²) in [6, 6.07) is 15.9. The van der Waals surface area contributed by atoms with E-state index in [0.29, 0.717) is 22.0 Å². The first-order valence-electron chi connectivity index (χ1n) is 12.7. The van der Waals surface area contributed by atoms with E-state index in [1.807, 2.05) is 52.0 Å². The Morgan fingerprint density at radius 2 is 1.38 bits per heavy atom. The molecule has 0 bridgehead atoms. The van der Waals surface area contributed by atoms with Crippen LogP contribution in [-0.4, -0.2) is 28.3 Å². The fourth-order valence-electron chi connectivity index (χ4n) is 5.57. The summed E-state index contributed by atoms with van der Waals surface area (Å²) in [5.41, 5.74) is 3.53. The lowest BCUT2D eigenvalue weighted by Crippen LogP contribution is -2.56. The van der Waals surface area contributed by atoms with Crippen LogP contribution in [0.2, 0.25) is 10.0 Å². The minimum Gasteiger partial charge on any atom is -0.389 e. The van der Waals surface area contributed by atoms with Crippen LogP contribution in [-0.2, 0) is 14.4 Å². The third-order valence-electron chi connectivity index (χ3n) is 7.43. The molecule has 0 heterocycles. The summed E-state index contributed by atoms with van der Waals surface area (Å²) in [5, 5.41) is 17.9. The van der Waals surface area contributed by atoms with E-state index in [2.05, 4.69) is 10.6 Å². The molecule has 0 aliphatic heterocycles. The molecule has 8 heteroatoms. The van der Waals surface area contributed by atoms with Gasteiger partial charge in [-0.2, -0.15) is 0 Å². The first-order chi connectivity index (χ1) is 18.3. The molecule has 1 aliphatic rings. The van der Waals surface area contributed by atoms with Gasteiger partial charge in [0.1, 0.15) is 11.7 Å². The highest BCUT2D eigenvalue weighted by Gasteiger charge is 2.56. The standard InChI is InChI=1S/C31H32Cl2N2O4/c1-16-6-10-23(18(3)12-16)34-29(37)27-25(36)15-31(5,39)28(26(27)21-9-8-20(32)14-22(21)33)30(38)35-24-11-7-17(2)13-19(24)4/h6-14,26-28,39H,15H2,1-5H3,(H,34,37)(H,35,38). The fraction of sp³-hybridized carbons (Fsp3) is 0.323. The van der Waals surface area contributed by atoms with Crippen molar-refractivity contribution in [1.29, 1.82) is 0 Å². The molecular formula is C31H32Cl2N2O4. The number of amides is 2. The number of halogens is 2. The first-order valence-corrected chi connectivity index (χ1v) is 13.5. The Morgan fingerprint density at radius 1 is 0.846 bits per heavy atom. The Kier molecular flexibility index (Phi) is 8.22. The van der Waals surface area contributed by atoms with Crippen molar-refractivity contribution >= 4 is 52.2 Å². The number of carbonyl (C=O) groups excluding carboxylic acids is 3. The van der Waals surface area contributed by atoms with Crippen molar-refractivity contribution in [1.82, 2.24) is 0 Å². The highest BCUT2D eigenvalue weighted by Crippen LogP contribution is 2.48. The molecule has 3 N–H and O–H groups in total. The van der Waals surface area contributed by atoms with Crippen molar-refractivity contribution in [2.75, 3.05) is 10.6 Å². The van der Waals surface area contributed by atoms with Crippen LogP contribution in [0.3, 0.4) is 0 Å². The molecule has 0 saturated heterocycles. The van der Waals surface area contributed by atoms with Gasteiger partial charge >= 0.3 is 0 Å². The lowest BCUT2D eigenvalue weighted by Gasteiger charge is -2.44. The van der Waals surface area contributed by atoms with Crippen molar-refractivity contribution < 1.29 is 19.5 Å². The maximum absolute atomic E-state index is 13.9. The largest absolute Gasteiger partial charge is 0.389 e. The number of ketones is 1. The predicted octanol–water partition coefficient (Wildman–Crippen LogP) is 6.54. The normalized spacial score (nSPS) is 22.9. The number of Topliss-reactive ketones (excluding diaryl/α,β-unsaturated/α-hetero) is 1. The second kappa shape index (κ2) is 11.1. The third-order valence-corrected chi connectivity index (χ3v) is 8.00. The van der Waals surface area contributed by atoms with Crippen molar-refractivity contribution in [2.45, 2.75) is 52.6 Å². The van der Waals surface area contributed by atoms with E-state index in [4.69, 9.17) is 23.2 Å². The molecule has 39 heavy (non-hydrogen) atoms. The maximum Gasteiger partial charge on any atom is 0.235 e. The lowest BCUT2D eigenvalue weighted by atomic mass is 9.61. The smallest absolute Gasteiger partial charge is 0.235 e. The van der Waals surface area contributed by atoms with Gasteiger partial charge < -0.3 is 15.7 Å². The van der Waals surface area contributed by atoms with Crippen LogP contribution in [0.4, 0.5) is 11.4 Å². The lowest BCUT2D eigenvalue weighted by molar-refractivity contribution is -0.150. The Morgan fingerprint density at radius 3 is 1.90 bits per heavy atom. The molecule has 4 rings (SSSR count). The van der Waals surface area contributed by atoms with Gasteiger partial charge in [0, 0.05) is 33.8 Å². The van der Waals surface area contributed by atoms with Crippen LogP contribution >= 0.6 is 23.2 Å². The van der Waals surface area contributed by atoms with Crippen LogP contribution in [0.15, 0.2) is 54.6 Å². The monoisotopic (exact) mass is 566 g/mol. The van der Waals surface area contributed by atoms with Gasteiger partial charge in [-0.05, 0) is 75.6 Å². The maximum atomic E-state index is 13.9. The van der Waals surface area contributed by atoms with Crippen LogP contribution in [0.1, 0.15) is 47.1 Å². The molecule has 4 atom stereocenters. The predicted molar refractivity (Wildman–Crippen MR) is 156 cm³/mol. The summed E-state index contributed by atoms with van der Waals surface area (Å²) in [5.74, 6) is -5.07. The van der Waals surface area contributed by atoms with Crippen molar-refractivity contribution in [3.05, 3.63) is 92.5 Å². The Bertz CT molecular complexity index is 1470. The van der Waals surface area contributed by atoms with Crippen LogP contribution in [0, 0.1) is 39.5 Å². The van der Waals surface area contributed by atoms with Gasteiger partial charge in [0.05, 0.1) is 11.5 Å². The Labute approximate surface area is 238 Å². The molecule has 1 saturated carbocycles. The second-order valence-corrected chi connectivity index (χ2v) is 11.6. The third kappa shape index (κ3) is 6.03. The van der Waals surface area contributed by atoms with Crippen molar-refractivity contribution in [3.63, 3.8) is 0 Å². The second-order valence-electron chi connectivity index (χ2n) is 10.8. The minimum absolute atomic E-state index is 0.201. The average Bonchev–Trinajstić information content (AvgIpc) is 2.81. The number of benzene rings is 3. The number of anilines is 2. The van der Waals surface area contributed by atoms with Crippen LogP contribution in [0.5, 0.6) is 0 Å². The minimum atomic E-state index is -1.75. The number of carbonyl (C=O) groups is 3. The zero-order chi connectivity index (χ0) is 28.6. The van der Waals surface area contributed by atoms with E-state index in [-0.39, 0.29) is 11.4 Å². The molecular weight excluding hydrogens is 535 g/mol. The van der Waals surface area contributed by atoms with E-state index in [1.165, 1.54) is 13.0 Å². The van der Waals surface area contributed by atoms with Gasteiger partial charge in [0.2, 0.25) is 11.8 Å². The van der Waals surface area contributed by atoms with E-state index in [9.17, 15) is 19.5 Å². The Hall–Kier alpha value is -3.19. The molecule has 3 aromatic rings. The SMILES string of the molecule is Cc1ccc(NC(=O)C2C(=O)CC(C)(O)C(C(=O)Nc3ccc(C)cc3C)C2c2ccc(Cl)cc2Cl)c(C)c1. The Balaban J connectivity index is 1.81.